The molecule has 2 rings (SSSR count). The number of rotatable bonds is 4. The molecule has 1 saturated heterocycles. The van der Waals surface area contributed by atoms with E-state index >= 15 is 0 Å². The average Bonchev–Trinajstić information content (AvgIpc) is 2.90. The second-order valence-electron chi connectivity index (χ2n) is 4.37. The minimum Gasteiger partial charge on any atom is -0.460 e. The van der Waals surface area contributed by atoms with E-state index in [4.69, 9.17) is 10.5 Å². The van der Waals surface area contributed by atoms with Gasteiger partial charge in [0, 0.05) is 6.54 Å². The highest BCUT2D eigenvalue weighted by Gasteiger charge is 2.28. The van der Waals surface area contributed by atoms with Crippen molar-refractivity contribution in [2.45, 2.75) is 19.1 Å². The summed E-state index contributed by atoms with van der Waals surface area (Å²) in [6, 6.07) is 9.12. The van der Waals surface area contributed by atoms with Crippen LogP contribution in [0.5, 0.6) is 0 Å². The van der Waals surface area contributed by atoms with Crippen molar-refractivity contribution in [1.82, 2.24) is 5.32 Å². The average molecular weight is 271 g/mol. The van der Waals surface area contributed by atoms with Gasteiger partial charge in [0.1, 0.15) is 12.6 Å². The summed E-state index contributed by atoms with van der Waals surface area (Å²) in [7, 11) is 0. The van der Waals surface area contributed by atoms with Gasteiger partial charge in [-0.25, -0.2) is 0 Å². The topological polar surface area (TPSA) is 64.4 Å². The van der Waals surface area contributed by atoms with Crippen LogP contribution in [-0.4, -0.2) is 25.1 Å². The van der Waals surface area contributed by atoms with Gasteiger partial charge in [-0.15, -0.1) is 12.4 Å². The number of nitrogens with two attached hydrogens (primary N) is 1. The molecular formula is C13H19ClN2O2. The summed E-state index contributed by atoms with van der Waals surface area (Å²) in [5.74, 6) is -0.0965. The van der Waals surface area contributed by atoms with Crippen molar-refractivity contribution in [2.24, 2.45) is 11.7 Å². The number of hydrogen-bond donors (Lipinski definition) is 2. The third-order valence-electron chi connectivity index (χ3n) is 3.10. The lowest BCUT2D eigenvalue weighted by molar-refractivity contribution is -0.147. The maximum Gasteiger partial charge on any atom is 0.323 e. The SMILES string of the molecule is Cl.NC(C(=O)OCc1ccccc1)[C@@H]1CCNC1. The van der Waals surface area contributed by atoms with Gasteiger partial charge in [0.15, 0.2) is 0 Å². The van der Waals surface area contributed by atoms with Crippen molar-refractivity contribution in [3.05, 3.63) is 35.9 Å². The van der Waals surface area contributed by atoms with Gasteiger partial charge in [-0.3, -0.25) is 4.79 Å². The Kier molecular flexibility index (Phi) is 6.12. The van der Waals surface area contributed by atoms with Crippen molar-refractivity contribution in [3.63, 3.8) is 0 Å². The number of halogens is 1. The lowest BCUT2D eigenvalue weighted by atomic mass is 10.0. The summed E-state index contributed by atoms with van der Waals surface area (Å²) in [5.41, 5.74) is 6.86. The molecule has 1 aliphatic heterocycles. The molecule has 1 unspecified atom stereocenters. The second-order valence-corrected chi connectivity index (χ2v) is 4.37. The standard InChI is InChI=1S/C13H18N2O2.ClH/c14-12(11-6-7-15-8-11)13(16)17-9-10-4-2-1-3-5-10;/h1-5,11-12,15H,6-9,14H2;1H/t11-,12?;/m1./s1. The molecule has 1 fully saturated rings. The molecule has 5 heteroatoms. The lowest BCUT2D eigenvalue weighted by Crippen LogP contribution is -2.40. The van der Waals surface area contributed by atoms with Crippen LogP contribution in [0, 0.1) is 5.92 Å². The molecule has 18 heavy (non-hydrogen) atoms. The van der Waals surface area contributed by atoms with Crippen LogP contribution in [-0.2, 0) is 16.1 Å². The summed E-state index contributed by atoms with van der Waals surface area (Å²) in [5, 5.41) is 3.19. The van der Waals surface area contributed by atoms with Crippen molar-refractivity contribution in [3.8, 4) is 0 Å². The first-order valence-corrected chi connectivity index (χ1v) is 5.94. The zero-order valence-electron chi connectivity index (χ0n) is 10.2. The van der Waals surface area contributed by atoms with Crippen LogP contribution in [0.3, 0.4) is 0 Å². The Morgan fingerprint density at radius 1 is 1.44 bits per heavy atom. The first kappa shape index (κ1) is 15.0. The monoisotopic (exact) mass is 270 g/mol. The Bertz CT molecular complexity index is 367. The van der Waals surface area contributed by atoms with Crippen LogP contribution in [0.25, 0.3) is 0 Å². The predicted octanol–water partition coefficient (Wildman–Crippen LogP) is 1.09. The third-order valence-corrected chi connectivity index (χ3v) is 3.10. The van der Waals surface area contributed by atoms with Crippen molar-refractivity contribution < 1.29 is 9.53 Å². The summed E-state index contributed by atoms with van der Waals surface area (Å²) in [6.45, 7) is 2.04. The quantitative estimate of drug-likeness (QED) is 0.804. The highest BCUT2D eigenvalue weighted by molar-refractivity contribution is 5.85. The minimum absolute atomic E-state index is 0. The fourth-order valence-electron chi connectivity index (χ4n) is 2.00. The van der Waals surface area contributed by atoms with Crippen LogP contribution in [0.2, 0.25) is 0 Å². The molecule has 0 radical (unpaired) electrons. The lowest BCUT2D eigenvalue weighted by Gasteiger charge is -2.16. The summed E-state index contributed by atoms with van der Waals surface area (Å²) in [6.07, 6.45) is 0.946. The molecule has 4 nitrogen and oxygen atoms in total. The highest BCUT2D eigenvalue weighted by Crippen LogP contribution is 2.13. The molecule has 100 valence electrons. The van der Waals surface area contributed by atoms with E-state index in [0.29, 0.717) is 6.61 Å². The molecule has 0 bridgehead atoms. The Balaban J connectivity index is 0.00000162. The minimum atomic E-state index is -0.506. The number of carbonyl (C=O) groups excluding carboxylic acids is 1. The number of esters is 1. The van der Waals surface area contributed by atoms with Crippen molar-refractivity contribution >= 4 is 18.4 Å². The Morgan fingerprint density at radius 3 is 2.78 bits per heavy atom. The van der Waals surface area contributed by atoms with Gasteiger partial charge in [-0.2, -0.15) is 0 Å². The fourth-order valence-corrected chi connectivity index (χ4v) is 2.00. The normalized spacial score (nSPS) is 19.9. The second kappa shape index (κ2) is 7.36. The van der Waals surface area contributed by atoms with E-state index < -0.39 is 6.04 Å². The Morgan fingerprint density at radius 2 is 2.17 bits per heavy atom. The number of carbonyl (C=O) groups is 1. The van der Waals surface area contributed by atoms with E-state index in [1.165, 1.54) is 0 Å². The van der Waals surface area contributed by atoms with E-state index in [2.05, 4.69) is 5.32 Å². The molecule has 1 aromatic carbocycles. The highest BCUT2D eigenvalue weighted by atomic mass is 35.5. The molecule has 0 aromatic heterocycles. The predicted molar refractivity (Wildman–Crippen MR) is 72.4 cm³/mol. The molecule has 0 amide bonds. The number of benzene rings is 1. The van der Waals surface area contributed by atoms with Gasteiger partial charge in [0.2, 0.25) is 0 Å². The van der Waals surface area contributed by atoms with Crippen LogP contribution >= 0.6 is 12.4 Å². The molecule has 1 heterocycles. The smallest absolute Gasteiger partial charge is 0.323 e. The number of hydrogen-bond acceptors (Lipinski definition) is 4. The molecule has 0 aliphatic carbocycles. The largest absolute Gasteiger partial charge is 0.460 e. The van der Waals surface area contributed by atoms with Crippen LogP contribution in [0.4, 0.5) is 0 Å². The van der Waals surface area contributed by atoms with Gasteiger partial charge >= 0.3 is 5.97 Å². The van der Waals surface area contributed by atoms with E-state index in [1.807, 2.05) is 30.3 Å². The molecule has 2 atom stereocenters. The molecule has 3 N–H and O–H groups in total. The number of nitrogens with one attached hydrogen (secondary N) is 1. The van der Waals surface area contributed by atoms with Gasteiger partial charge in [-0.1, -0.05) is 30.3 Å². The Hall–Kier alpha value is -1.10. The van der Waals surface area contributed by atoms with E-state index in [1.54, 1.807) is 0 Å². The number of ether oxygens (including phenoxy) is 1. The first-order chi connectivity index (χ1) is 8.27. The summed E-state index contributed by atoms with van der Waals surface area (Å²) >= 11 is 0. The van der Waals surface area contributed by atoms with Crippen LogP contribution < -0.4 is 11.1 Å². The van der Waals surface area contributed by atoms with Gasteiger partial charge in [0.05, 0.1) is 0 Å². The molecule has 1 aliphatic rings. The van der Waals surface area contributed by atoms with Gasteiger partial charge in [0.25, 0.3) is 0 Å². The molecule has 0 saturated carbocycles. The molecule has 1 aromatic rings. The van der Waals surface area contributed by atoms with E-state index in [9.17, 15) is 4.79 Å². The first-order valence-electron chi connectivity index (χ1n) is 5.94. The molecule has 0 spiro atoms. The maximum atomic E-state index is 11.7. The summed E-state index contributed by atoms with van der Waals surface area (Å²) < 4.78 is 5.21. The van der Waals surface area contributed by atoms with Gasteiger partial charge in [-0.05, 0) is 24.4 Å². The van der Waals surface area contributed by atoms with Crippen LogP contribution in [0.15, 0.2) is 30.3 Å². The summed E-state index contributed by atoms with van der Waals surface area (Å²) in [4.78, 5) is 11.7. The van der Waals surface area contributed by atoms with E-state index in [0.717, 1.165) is 25.1 Å². The molecular weight excluding hydrogens is 252 g/mol. The van der Waals surface area contributed by atoms with Crippen molar-refractivity contribution in [1.29, 1.82) is 0 Å². The Labute approximate surface area is 113 Å². The van der Waals surface area contributed by atoms with E-state index in [-0.39, 0.29) is 24.3 Å². The van der Waals surface area contributed by atoms with Crippen molar-refractivity contribution in [2.75, 3.05) is 13.1 Å². The van der Waals surface area contributed by atoms with Gasteiger partial charge < -0.3 is 15.8 Å². The zero-order chi connectivity index (χ0) is 12.1. The maximum absolute atomic E-state index is 11.7. The zero-order valence-corrected chi connectivity index (χ0v) is 11.0. The fraction of sp³-hybridized carbons (Fsp3) is 0.462. The third kappa shape index (κ3) is 3.98. The van der Waals surface area contributed by atoms with Crippen LogP contribution in [0.1, 0.15) is 12.0 Å².